The lowest BCUT2D eigenvalue weighted by atomic mass is 9.80. The molecule has 3 fully saturated rings. The van der Waals surface area contributed by atoms with Gasteiger partial charge in [-0.3, -0.25) is 0 Å². The normalized spacial score (nSPS) is 29.5. The Bertz CT molecular complexity index is 343. The highest BCUT2D eigenvalue weighted by atomic mass is 35.5. The molecule has 4 heteroatoms. The van der Waals surface area contributed by atoms with E-state index in [9.17, 15) is 0 Å². The molecule has 80 valence electrons. The van der Waals surface area contributed by atoms with Crippen molar-refractivity contribution in [2.24, 2.45) is 5.92 Å². The summed E-state index contributed by atoms with van der Waals surface area (Å²) in [6, 6.07) is 4.49. The van der Waals surface area contributed by atoms with Crippen LogP contribution in [0.15, 0.2) is 12.1 Å². The van der Waals surface area contributed by atoms with Crippen LogP contribution in [0.4, 0.5) is 5.82 Å². The van der Waals surface area contributed by atoms with E-state index in [-0.39, 0.29) is 0 Å². The van der Waals surface area contributed by atoms with Crippen molar-refractivity contribution in [2.45, 2.75) is 31.7 Å². The van der Waals surface area contributed by atoms with E-state index in [0.717, 1.165) is 18.3 Å². The second-order valence-electron chi connectivity index (χ2n) is 4.54. The van der Waals surface area contributed by atoms with Gasteiger partial charge in [-0.05, 0) is 43.7 Å². The van der Waals surface area contributed by atoms with Crippen LogP contribution in [-0.4, -0.2) is 22.8 Å². The number of nitrogens with zero attached hydrogens (tertiary/aromatic N) is 3. The Morgan fingerprint density at radius 3 is 2.47 bits per heavy atom. The number of fused-ring (bicyclic) bond motifs is 3. The summed E-state index contributed by atoms with van der Waals surface area (Å²) in [4.78, 5) is 2.40. The first-order chi connectivity index (χ1) is 7.33. The van der Waals surface area contributed by atoms with E-state index >= 15 is 0 Å². The van der Waals surface area contributed by atoms with E-state index in [1.165, 1.54) is 25.7 Å². The first-order valence-electron chi connectivity index (χ1n) is 5.59. The first-order valence-corrected chi connectivity index (χ1v) is 5.96. The zero-order valence-corrected chi connectivity index (χ0v) is 9.32. The number of hydrogen-bond acceptors (Lipinski definition) is 3. The maximum absolute atomic E-state index is 5.74. The van der Waals surface area contributed by atoms with Crippen LogP contribution in [0.2, 0.25) is 5.15 Å². The largest absolute Gasteiger partial charge is 0.352 e. The van der Waals surface area contributed by atoms with Crippen molar-refractivity contribution >= 4 is 17.4 Å². The van der Waals surface area contributed by atoms with E-state index in [1.54, 1.807) is 0 Å². The summed E-state index contributed by atoms with van der Waals surface area (Å²) in [5.74, 6) is 1.86. The molecule has 3 nitrogen and oxygen atoms in total. The minimum atomic E-state index is 0.473. The van der Waals surface area contributed by atoms with Crippen LogP contribution in [0, 0.1) is 5.92 Å². The number of aromatic nitrogens is 2. The van der Waals surface area contributed by atoms with Gasteiger partial charge in [-0.15, -0.1) is 10.2 Å². The third-order valence-electron chi connectivity index (χ3n) is 3.62. The number of halogens is 1. The molecule has 3 aliphatic rings. The number of hydrogen-bond donors (Lipinski definition) is 0. The lowest BCUT2D eigenvalue weighted by molar-refractivity contribution is 0.250. The topological polar surface area (TPSA) is 29.0 Å². The zero-order valence-electron chi connectivity index (χ0n) is 8.56. The van der Waals surface area contributed by atoms with Gasteiger partial charge >= 0.3 is 0 Å². The molecule has 1 saturated carbocycles. The SMILES string of the molecule is Clc1ccc(N2CC3CCC2CC3)nn1. The molecule has 4 rings (SSSR count). The smallest absolute Gasteiger partial charge is 0.151 e. The van der Waals surface area contributed by atoms with Crippen molar-refractivity contribution in [3.05, 3.63) is 17.3 Å². The maximum Gasteiger partial charge on any atom is 0.151 e. The van der Waals surface area contributed by atoms with E-state index in [0.29, 0.717) is 11.2 Å². The van der Waals surface area contributed by atoms with Crippen LogP contribution in [-0.2, 0) is 0 Å². The monoisotopic (exact) mass is 223 g/mol. The molecular weight excluding hydrogens is 210 g/mol. The van der Waals surface area contributed by atoms with Crippen LogP contribution in [0.25, 0.3) is 0 Å². The van der Waals surface area contributed by atoms with Crippen molar-refractivity contribution < 1.29 is 0 Å². The predicted molar refractivity (Wildman–Crippen MR) is 60.1 cm³/mol. The van der Waals surface area contributed by atoms with Crippen LogP contribution < -0.4 is 4.90 Å². The summed E-state index contributed by atoms with van der Waals surface area (Å²) in [5, 5.41) is 8.55. The molecule has 1 aliphatic carbocycles. The van der Waals surface area contributed by atoms with Gasteiger partial charge in [-0.2, -0.15) is 0 Å². The van der Waals surface area contributed by atoms with E-state index in [4.69, 9.17) is 11.6 Å². The van der Waals surface area contributed by atoms with Crippen molar-refractivity contribution in [1.82, 2.24) is 10.2 Å². The number of rotatable bonds is 1. The van der Waals surface area contributed by atoms with Crippen LogP contribution in [0.3, 0.4) is 0 Å². The molecule has 0 unspecified atom stereocenters. The fraction of sp³-hybridized carbons (Fsp3) is 0.636. The molecule has 0 atom stereocenters. The second-order valence-corrected chi connectivity index (χ2v) is 4.93. The van der Waals surface area contributed by atoms with Crippen molar-refractivity contribution in [3.63, 3.8) is 0 Å². The third-order valence-corrected chi connectivity index (χ3v) is 3.83. The molecule has 2 bridgehead atoms. The Hall–Kier alpha value is -0.830. The van der Waals surface area contributed by atoms with Gasteiger partial charge in [0.25, 0.3) is 0 Å². The molecule has 0 spiro atoms. The Morgan fingerprint density at radius 1 is 1.13 bits per heavy atom. The molecule has 15 heavy (non-hydrogen) atoms. The minimum absolute atomic E-state index is 0.473. The average Bonchev–Trinajstić information content (AvgIpc) is 2.31. The fourth-order valence-electron chi connectivity index (χ4n) is 2.81. The van der Waals surface area contributed by atoms with E-state index < -0.39 is 0 Å². The van der Waals surface area contributed by atoms with Gasteiger partial charge in [-0.1, -0.05) is 11.6 Å². The lowest BCUT2D eigenvalue weighted by Gasteiger charge is -2.45. The Labute approximate surface area is 94.4 Å². The summed E-state index contributed by atoms with van der Waals surface area (Å²) >= 11 is 5.74. The summed E-state index contributed by atoms with van der Waals surface area (Å²) in [5.41, 5.74) is 0. The molecular formula is C11H14ClN3. The van der Waals surface area contributed by atoms with Crippen molar-refractivity contribution in [1.29, 1.82) is 0 Å². The summed E-state index contributed by atoms with van der Waals surface area (Å²) in [7, 11) is 0. The molecule has 0 N–H and O–H groups in total. The quantitative estimate of drug-likeness (QED) is 0.733. The Kier molecular flexibility index (Phi) is 2.28. The third kappa shape index (κ3) is 1.69. The second kappa shape index (κ2) is 3.63. The predicted octanol–water partition coefficient (Wildman–Crippen LogP) is 2.51. The highest BCUT2D eigenvalue weighted by Crippen LogP contribution is 2.36. The van der Waals surface area contributed by atoms with Gasteiger partial charge < -0.3 is 4.90 Å². The lowest BCUT2D eigenvalue weighted by Crippen LogP contribution is -2.48. The molecule has 1 aromatic rings. The van der Waals surface area contributed by atoms with Gasteiger partial charge in [0.2, 0.25) is 0 Å². The van der Waals surface area contributed by atoms with Crippen LogP contribution >= 0.6 is 11.6 Å². The van der Waals surface area contributed by atoms with E-state index in [2.05, 4.69) is 15.1 Å². The minimum Gasteiger partial charge on any atom is -0.352 e. The summed E-state index contributed by atoms with van der Waals surface area (Å²) in [6.45, 7) is 1.15. The molecule has 0 radical (unpaired) electrons. The highest BCUT2D eigenvalue weighted by Gasteiger charge is 2.34. The summed E-state index contributed by atoms with van der Waals surface area (Å²) in [6.07, 6.45) is 5.41. The molecule has 0 aromatic carbocycles. The van der Waals surface area contributed by atoms with Crippen LogP contribution in [0.5, 0.6) is 0 Å². The molecule has 2 aliphatic heterocycles. The number of anilines is 1. The number of piperidine rings is 2. The van der Waals surface area contributed by atoms with Gasteiger partial charge in [0.15, 0.2) is 11.0 Å². The fourth-order valence-corrected chi connectivity index (χ4v) is 2.91. The zero-order chi connectivity index (χ0) is 10.3. The van der Waals surface area contributed by atoms with E-state index in [1.807, 2.05) is 12.1 Å². The van der Waals surface area contributed by atoms with Gasteiger partial charge in [0, 0.05) is 12.6 Å². The van der Waals surface area contributed by atoms with Crippen molar-refractivity contribution in [2.75, 3.05) is 11.4 Å². The van der Waals surface area contributed by atoms with Gasteiger partial charge in [0.05, 0.1) is 0 Å². The average molecular weight is 224 g/mol. The maximum atomic E-state index is 5.74. The van der Waals surface area contributed by atoms with Gasteiger partial charge in [0.1, 0.15) is 0 Å². The van der Waals surface area contributed by atoms with Gasteiger partial charge in [-0.25, -0.2) is 0 Å². The molecule has 1 aromatic heterocycles. The highest BCUT2D eigenvalue weighted by molar-refractivity contribution is 6.29. The molecule has 0 amide bonds. The van der Waals surface area contributed by atoms with Crippen LogP contribution in [0.1, 0.15) is 25.7 Å². The molecule has 2 saturated heterocycles. The Morgan fingerprint density at radius 2 is 1.93 bits per heavy atom. The Balaban J connectivity index is 1.85. The summed E-state index contributed by atoms with van der Waals surface area (Å²) < 4.78 is 0. The van der Waals surface area contributed by atoms with Crippen molar-refractivity contribution in [3.8, 4) is 0 Å². The standard InChI is InChI=1S/C11H14ClN3/c12-10-5-6-11(14-13-10)15-7-8-1-3-9(15)4-2-8/h5-6,8-9H,1-4,7H2. The first kappa shape index (κ1) is 9.40. The molecule has 3 heterocycles.